The molecule has 132 valence electrons. The monoisotopic (exact) mass is 332 g/mol. The molecule has 2 aliphatic heterocycles. The minimum atomic E-state index is -0.273. The molecule has 0 aromatic carbocycles. The Hall–Kier alpha value is -1.66. The van der Waals surface area contributed by atoms with E-state index in [1.54, 1.807) is 0 Å². The summed E-state index contributed by atoms with van der Waals surface area (Å²) in [5, 5.41) is 6.23. The van der Waals surface area contributed by atoms with Gasteiger partial charge < -0.3 is 20.3 Å². The van der Waals surface area contributed by atoms with Crippen molar-refractivity contribution in [3.63, 3.8) is 0 Å². The van der Waals surface area contributed by atoms with E-state index in [-0.39, 0.29) is 18.1 Å². The number of carbonyl (C=O) groups is 1. The molecule has 3 heterocycles. The molecule has 3 rings (SSSR count). The first-order valence-electron chi connectivity index (χ1n) is 9.06. The van der Waals surface area contributed by atoms with E-state index in [0.717, 1.165) is 31.0 Å². The number of ether oxygens (including phenoxy) is 1. The first kappa shape index (κ1) is 17.2. The van der Waals surface area contributed by atoms with E-state index in [2.05, 4.69) is 26.6 Å². The minimum absolute atomic E-state index is 0.00432. The van der Waals surface area contributed by atoms with Crippen LogP contribution in [0.4, 0.5) is 5.82 Å². The van der Waals surface area contributed by atoms with Crippen LogP contribution < -0.4 is 15.5 Å². The van der Waals surface area contributed by atoms with Crippen molar-refractivity contribution in [2.75, 3.05) is 31.1 Å². The lowest BCUT2D eigenvalue weighted by Gasteiger charge is -2.29. The van der Waals surface area contributed by atoms with Crippen molar-refractivity contribution in [1.82, 2.24) is 15.6 Å². The molecule has 2 saturated heterocycles. The van der Waals surface area contributed by atoms with Crippen LogP contribution >= 0.6 is 0 Å². The van der Waals surface area contributed by atoms with Gasteiger partial charge in [-0.25, -0.2) is 4.98 Å². The van der Waals surface area contributed by atoms with Gasteiger partial charge in [-0.05, 0) is 37.5 Å². The van der Waals surface area contributed by atoms with Crippen molar-refractivity contribution < 1.29 is 9.53 Å². The number of aromatic nitrogens is 1. The number of pyridine rings is 1. The molecule has 2 aliphatic rings. The minimum Gasteiger partial charge on any atom is -0.375 e. The number of nitrogens with one attached hydrogen (secondary N) is 2. The van der Waals surface area contributed by atoms with E-state index in [9.17, 15) is 4.79 Å². The number of morpholine rings is 1. The summed E-state index contributed by atoms with van der Waals surface area (Å²) < 4.78 is 5.53. The fraction of sp³-hybridized carbons (Fsp3) is 0.667. The Bertz CT molecular complexity index is 544. The van der Waals surface area contributed by atoms with Crippen LogP contribution in [-0.4, -0.2) is 49.3 Å². The van der Waals surface area contributed by atoms with E-state index in [4.69, 9.17) is 4.74 Å². The van der Waals surface area contributed by atoms with E-state index in [1.165, 1.54) is 25.7 Å². The summed E-state index contributed by atoms with van der Waals surface area (Å²) in [6.07, 6.45) is 6.82. The lowest BCUT2D eigenvalue weighted by atomic mass is 10.1. The Morgan fingerprint density at radius 1 is 1.38 bits per heavy atom. The largest absolute Gasteiger partial charge is 0.375 e. The molecule has 24 heavy (non-hydrogen) atoms. The average molecular weight is 332 g/mol. The zero-order chi connectivity index (χ0) is 16.8. The van der Waals surface area contributed by atoms with E-state index in [1.807, 2.05) is 19.2 Å². The van der Waals surface area contributed by atoms with Gasteiger partial charge in [-0.2, -0.15) is 0 Å². The van der Waals surface area contributed by atoms with Crippen molar-refractivity contribution >= 4 is 11.7 Å². The molecule has 0 bridgehead atoms. The van der Waals surface area contributed by atoms with Crippen LogP contribution in [0.2, 0.25) is 0 Å². The summed E-state index contributed by atoms with van der Waals surface area (Å²) in [5.74, 6) is 1.02. The first-order chi connectivity index (χ1) is 11.7. The second-order valence-electron chi connectivity index (χ2n) is 6.65. The summed E-state index contributed by atoms with van der Waals surface area (Å²) in [6, 6.07) is 3.79. The summed E-state index contributed by atoms with van der Waals surface area (Å²) in [7, 11) is 0. The van der Waals surface area contributed by atoms with Gasteiger partial charge in [-0.1, -0.05) is 12.8 Å². The van der Waals surface area contributed by atoms with Gasteiger partial charge in [0.25, 0.3) is 0 Å². The third kappa shape index (κ3) is 4.45. The van der Waals surface area contributed by atoms with Crippen LogP contribution in [-0.2, 0) is 16.1 Å². The van der Waals surface area contributed by atoms with Crippen molar-refractivity contribution in [3.8, 4) is 0 Å². The number of nitrogens with zero attached hydrogens (tertiary/aromatic N) is 2. The first-order valence-corrected chi connectivity index (χ1v) is 9.06. The van der Waals surface area contributed by atoms with Gasteiger partial charge in [-0.3, -0.25) is 4.79 Å². The topological polar surface area (TPSA) is 66.5 Å². The van der Waals surface area contributed by atoms with Crippen LogP contribution in [0.1, 0.15) is 38.2 Å². The fourth-order valence-corrected chi connectivity index (χ4v) is 3.37. The predicted octanol–water partition coefficient (Wildman–Crippen LogP) is 1.46. The maximum absolute atomic E-state index is 12.3. The Morgan fingerprint density at radius 2 is 2.17 bits per heavy atom. The van der Waals surface area contributed by atoms with Crippen molar-refractivity contribution in [1.29, 1.82) is 0 Å². The molecule has 1 aromatic heterocycles. The van der Waals surface area contributed by atoms with Gasteiger partial charge in [-0.15, -0.1) is 0 Å². The van der Waals surface area contributed by atoms with Gasteiger partial charge in [0, 0.05) is 32.4 Å². The fourth-order valence-electron chi connectivity index (χ4n) is 3.37. The van der Waals surface area contributed by atoms with Gasteiger partial charge in [0.2, 0.25) is 5.91 Å². The number of carbonyl (C=O) groups excluding carboxylic acids is 1. The van der Waals surface area contributed by atoms with Crippen LogP contribution in [0.3, 0.4) is 0 Å². The standard InChI is InChI=1S/C18H28N4O2/c1-14-17(20-8-11-24-14)18(23)21-13-15-6-7-19-16(12-15)22-9-4-2-3-5-10-22/h6-7,12,14,17,20H,2-5,8-11,13H2,1H3,(H,21,23)/t14-,17+/m1/s1. The van der Waals surface area contributed by atoms with Gasteiger partial charge in [0.05, 0.1) is 12.7 Å². The highest BCUT2D eigenvalue weighted by molar-refractivity contribution is 5.82. The molecule has 1 amide bonds. The molecule has 1 aromatic rings. The Labute approximate surface area is 144 Å². The highest BCUT2D eigenvalue weighted by Gasteiger charge is 2.27. The van der Waals surface area contributed by atoms with Crippen LogP contribution in [0, 0.1) is 0 Å². The average Bonchev–Trinajstić information content (AvgIpc) is 2.90. The van der Waals surface area contributed by atoms with Crippen LogP contribution in [0.5, 0.6) is 0 Å². The number of anilines is 1. The van der Waals surface area contributed by atoms with Gasteiger partial charge >= 0.3 is 0 Å². The van der Waals surface area contributed by atoms with Gasteiger partial charge in [0.1, 0.15) is 11.9 Å². The zero-order valence-corrected chi connectivity index (χ0v) is 14.5. The van der Waals surface area contributed by atoms with E-state index >= 15 is 0 Å². The molecule has 0 unspecified atom stereocenters. The SMILES string of the molecule is C[C@H]1OCCN[C@@H]1C(=O)NCc1ccnc(N2CCCCCC2)c1. The maximum Gasteiger partial charge on any atom is 0.240 e. The number of amides is 1. The molecule has 2 fully saturated rings. The van der Waals surface area contributed by atoms with Gasteiger partial charge in [0.15, 0.2) is 0 Å². The van der Waals surface area contributed by atoms with Crippen LogP contribution in [0.15, 0.2) is 18.3 Å². The summed E-state index contributed by atoms with van der Waals surface area (Å²) in [4.78, 5) is 19.2. The number of hydrogen-bond donors (Lipinski definition) is 2. The molecular weight excluding hydrogens is 304 g/mol. The molecule has 0 saturated carbocycles. The zero-order valence-electron chi connectivity index (χ0n) is 14.5. The highest BCUT2D eigenvalue weighted by atomic mass is 16.5. The molecular formula is C18H28N4O2. The summed E-state index contributed by atoms with van der Waals surface area (Å²) in [6.45, 7) is 5.98. The molecule has 6 heteroatoms. The lowest BCUT2D eigenvalue weighted by Crippen LogP contribution is -2.55. The number of rotatable bonds is 4. The lowest BCUT2D eigenvalue weighted by molar-refractivity contribution is -0.129. The molecule has 0 spiro atoms. The predicted molar refractivity (Wildman–Crippen MR) is 94.0 cm³/mol. The van der Waals surface area contributed by atoms with Crippen molar-refractivity contribution in [2.24, 2.45) is 0 Å². The highest BCUT2D eigenvalue weighted by Crippen LogP contribution is 2.18. The summed E-state index contributed by atoms with van der Waals surface area (Å²) >= 11 is 0. The Morgan fingerprint density at radius 3 is 2.92 bits per heavy atom. The van der Waals surface area contributed by atoms with E-state index in [0.29, 0.717) is 13.2 Å². The van der Waals surface area contributed by atoms with Crippen molar-refractivity contribution in [3.05, 3.63) is 23.9 Å². The maximum atomic E-state index is 12.3. The summed E-state index contributed by atoms with van der Waals surface area (Å²) in [5.41, 5.74) is 1.09. The molecule has 6 nitrogen and oxygen atoms in total. The third-order valence-electron chi connectivity index (χ3n) is 4.81. The quantitative estimate of drug-likeness (QED) is 0.874. The molecule has 0 radical (unpaired) electrons. The molecule has 2 atom stereocenters. The second kappa shape index (κ2) is 8.44. The molecule has 2 N–H and O–H groups in total. The third-order valence-corrected chi connectivity index (χ3v) is 4.81. The van der Waals surface area contributed by atoms with E-state index < -0.39 is 0 Å². The Balaban J connectivity index is 1.57. The number of hydrogen-bond acceptors (Lipinski definition) is 5. The normalized spacial score (nSPS) is 25.1. The molecule has 0 aliphatic carbocycles. The van der Waals surface area contributed by atoms with Crippen LogP contribution in [0.25, 0.3) is 0 Å². The smallest absolute Gasteiger partial charge is 0.240 e. The van der Waals surface area contributed by atoms with Crippen molar-refractivity contribution in [2.45, 2.75) is 51.3 Å². The Kier molecular flexibility index (Phi) is 6.04. The second-order valence-corrected chi connectivity index (χ2v) is 6.65.